The highest BCUT2D eigenvalue weighted by atomic mass is 16.2. The van der Waals surface area contributed by atoms with Gasteiger partial charge < -0.3 is 10.2 Å². The molecule has 0 aliphatic carbocycles. The van der Waals surface area contributed by atoms with E-state index in [4.69, 9.17) is 0 Å². The normalized spacial score (nSPS) is 21.6. The molecule has 1 aliphatic heterocycles. The molecule has 0 spiro atoms. The molecule has 0 bridgehead atoms. The van der Waals surface area contributed by atoms with Crippen LogP contribution in [0.25, 0.3) is 0 Å². The molecule has 4 heteroatoms. The van der Waals surface area contributed by atoms with Crippen LogP contribution in [0.3, 0.4) is 0 Å². The summed E-state index contributed by atoms with van der Waals surface area (Å²) in [5.41, 5.74) is 0. The number of amides is 2. The Hall–Kier alpha value is -1.06. The van der Waals surface area contributed by atoms with Crippen molar-refractivity contribution >= 4 is 11.8 Å². The van der Waals surface area contributed by atoms with Crippen LogP contribution in [0, 0.1) is 5.92 Å². The standard InChI is InChI=1S/C13H24N2O2/c1-4-5-11-13(17)15(8-6-10(2)3)9-7-12(16)14-11/h10-11H,4-9H2,1-3H3,(H,14,16). The van der Waals surface area contributed by atoms with Gasteiger partial charge in [0.15, 0.2) is 0 Å². The van der Waals surface area contributed by atoms with E-state index < -0.39 is 0 Å². The second-order valence-electron chi connectivity index (χ2n) is 5.17. The Bertz CT molecular complexity index is 277. The number of hydrogen-bond acceptors (Lipinski definition) is 2. The van der Waals surface area contributed by atoms with E-state index in [0.29, 0.717) is 18.9 Å². The van der Waals surface area contributed by atoms with Gasteiger partial charge in [-0.2, -0.15) is 0 Å². The average molecular weight is 240 g/mol. The molecule has 2 amide bonds. The Balaban J connectivity index is 2.62. The van der Waals surface area contributed by atoms with E-state index in [-0.39, 0.29) is 17.9 Å². The van der Waals surface area contributed by atoms with E-state index in [2.05, 4.69) is 19.2 Å². The first-order chi connectivity index (χ1) is 8.04. The topological polar surface area (TPSA) is 49.4 Å². The minimum atomic E-state index is -0.304. The van der Waals surface area contributed by atoms with Gasteiger partial charge >= 0.3 is 0 Å². The zero-order valence-electron chi connectivity index (χ0n) is 11.2. The number of hydrogen-bond donors (Lipinski definition) is 1. The Morgan fingerprint density at radius 2 is 2.12 bits per heavy atom. The van der Waals surface area contributed by atoms with Crippen molar-refractivity contribution in [1.29, 1.82) is 0 Å². The van der Waals surface area contributed by atoms with Gasteiger partial charge in [-0.1, -0.05) is 27.2 Å². The second-order valence-corrected chi connectivity index (χ2v) is 5.17. The molecule has 1 N–H and O–H groups in total. The molecule has 0 aromatic rings. The van der Waals surface area contributed by atoms with Gasteiger partial charge in [0.2, 0.25) is 11.8 Å². The van der Waals surface area contributed by atoms with Crippen LogP contribution in [0.5, 0.6) is 0 Å². The lowest BCUT2D eigenvalue weighted by Gasteiger charge is -2.24. The van der Waals surface area contributed by atoms with E-state index >= 15 is 0 Å². The lowest BCUT2D eigenvalue weighted by Crippen LogP contribution is -2.45. The van der Waals surface area contributed by atoms with Crippen molar-refractivity contribution in [2.75, 3.05) is 13.1 Å². The van der Waals surface area contributed by atoms with Crippen molar-refractivity contribution in [1.82, 2.24) is 10.2 Å². The van der Waals surface area contributed by atoms with Crippen LogP contribution >= 0.6 is 0 Å². The SMILES string of the molecule is CCCC1NC(=O)CCN(CCC(C)C)C1=O. The van der Waals surface area contributed by atoms with Crippen molar-refractivity contribution in [3.63, 3.8) is 0 Å². The maximum Gasteiger partial charge on any atom is 0.245 e. The molecule has 1 unspecified atom stereocenters. The first kappa shape index (κ1) is 14.0. The zero-order chi connectivity index (χ0) is 12.8. The molecule has 1 aliphatic rings. The van der Waals surface area contributed by atoms with Gasteiger partial charge in [0.25, 0.3) is 0 Å². The molecule has 17 heavy (non-hydrogen) atoms. The second kappa shape index (κ2) is 6.62. The summed E-state index contributed by atoms with van der Waals surface area (Å²) < 4.78 is 0. The molecule has 0 aromatic heterocycles. The summed E-state index contributed by atoms with van der Waals surface area (Å²) in [6.07, 6.45) is 3.08. The molecular weight excluding hydrogens is 216 g/mol. The predicted molar refractivity (Wildman–Crippen MR) is 67.5 cm³/mol. The maximum atomic E-state index is 12.2. The molecule has 1 rings (SSSR count). The highest BCUT2D eigenvalue weighted by molar-refractivity contribution is 5.89. The molecule has 0 radical (unpaired) electrons. The summed E-state index contributed by atoms with van der Waals surface area (Å²) in [5, 5.41) is 2.82. The van der Waals surface area contributed by atoms with Crippen LogP contribution in [0.15, 0.2) is 0 Å². The number of rotatable bonds is 5. The van der Waals surface area contributed by atoms with Crippen molar-refractivity contribution in [2.24, 2.45) is 5.92 Å². The van der Waals surface area contributed by atoms with Gasteiger partial charge in [-0.25, -0.2) is 0 Å². The van der Waals surface area contributed by atoms with Gasteiger partial charge in [-0.15, -0.1) is 0 Å². The summed E-state index contributed by atoms with van der Waals surface area (Å²) in [6, 6.07) is -0.304. The zero-order valence-corrected chi connectivity index (χ0v) is 11.2. The van der Waals surface area contributed by atoms with E-state index in [0.717, 1.165) is 25.8 Å². The van der Waals surface area contributed by atoms with E-state index in [1.54, 1.807) is 0 Å². The minimum Gasteiger partial charge on any atom is -0.344 e. The average Bonchev–Trinajstić information content (AvgIpc) is 2.39. The third-order valence-corrected chi connectivity index (χ3v) is 3.11. The van der Waals surface area contributed by atoms with Gasteiger partial charge in [0.05, 0.1) is 0 Å². The summed E-state index contributed by atoms with van der Waals surface area (Å²) in [7, 11) is 0. The Morgan fingerprint density at radius 3 is 2.71 bits per heavy atom. The molecular formula is C13H24N2O2. The molecule has 1 saturated heterocycles. The number of carbonyl (C=O) groups is 2. The van der Waals surface area contributed by atoms with Crippen molar-refractivity contribution in [2.45, 2.75) is 52.5 Å². The molecule has 1 atom stereocenters. The smallest absolute Gasteiger partial charge is 0.245 e. The van der Waals surface area contributed by atoms with Crippen LogP contribution in [0.2, 0.25) is 0 Å². The van der Waals surface area contributed by atoms with Gasteiger partial charge in [0.1, 0.15) is 6.04 Å². The maximum absolute atomic E-state index is 12.2. The molecule has 0 saturated carbocycles. The Morgan fingerprint density at radius 1 is 1.41 bits per heavy atom. The fraction of sp³-hybridized carbons (Fsp3) is 0.846. The largest absolute Gasteiger partial charge is 0.344 e. The Kier molecular flexibility index (Phi) is 5.45. The first-order valence-corrected chi connectivity index (χ1v) is 6.62. The third kappa shape index (κ3) is 4.36. The lowest BCUT2D eigenvalue weighted by molar-refractivity contribution is -0.133. The molecule has 98 valence electrons. The summed E-state index contributed by atoms with van der Waals surface area (Å²) in [5.74, 6) is 0.682. The molecule has 1 fully saturated rings. The molecule has 0 aromatic carbocycles. The first-order valence-electron chi connectivity index (χ1n) is 6.62. The minimum absolute atomic E-state index is 0.00356. The third-order valence-electron chi connectivity index (χ3n) is 3.11. The van der Waals surface area contributed by atoms with Gasteiger partial charge in [-0.05, 0) is 18.8 Å². The quantitative estimate of drug-likeness (QED) is 0.792. The number of nitrogens with one attached hydrogen (secondary N) is 1. The van der Waals surface area contributed by atoms with Crippen LogP contribution < -0.4 is 5.32 Å². The van der Waals surface area contributed by atoms with E-state index in [1.807, 2.05) is 11.8 Å². The van der Waals surface area contributed by atoms with E-state index in [1.165, 1.54) is 0 Å². The predicted octanol–water partition coefficient (Wildman–Crippen LogP) is 1.55. The van der Waals surface area contributed by atoms with Crippen LogP contribution in [0.1, 0.15) is 46.5 Å². The molecule has 4 nitrogen and oxygen atoms in total. The van der Waals surface area contributed by atoms with Crippen LogP contribution in [-0.2, 0) is 9.59 Å². The van der Waals surface area contributed by atoms with Gasteiger partial charge in [0, 0.05) is 19.5 Å². The molecule has 1 heterocycles. The van der Waals surface area contributed by atoms with Crippen LogP contribution in [-0.4, -0.2) is 35.8 Å². The van der Waals surface area contributed by atoms with Crippen molar-refractivity contribution in [3.8, 4) is 0 Å². The fourth-order valence-electron chi connectivity index (χ4n) is 2.02. The lowest BCUT2D eigenvalue weighted by atomic mass is 10.1. The highest BCUT2D eigenvalue weighted by Crippen LogP contribution is 2.10. The highest BCUT2D eigenvalue weighted by Gasteiger charge is 2.28. The number of carbonyl (C=O) groups excluding carboxylic acids is 2. The monoisotopic (exact) mass is 240 g/mol. The Labute approximate surface area is 104 Å². The van der Waals surface area contributed by atoms with Crippen LogP contribution in [0.4, 0.5) is 0 Å². The number of nitrogens with zero attached hydrogens (tertiary/aromatic N) is 1. The summed E-state index contributed by atoms with van der Waals surface area (Å²) in [6.45, 7) is 7.66. The van der Waals surface area contributed by atoms with Crippen molar-refractivity contribution in [3.05, 3.63) is 0 Å². The summed E-state index contributed by atoms with van der Waals surface area (Å²) in [4.78, 5) is 25.6. The fourth-order valence-corrected chi connectivity index (χ4v) is 2.02. The summed E-state index contributed by atoms with van der Waals surface area (Å²) >= 11 is 0. The van der Waals surface area contributed by atoms with E-state index in [9.17, 15) is 9.59 Å². The van der Waals surface area contributed by atoms with Gasteiger partial charge in [-0.3, -0.25) is 9.59 Å². The van der Waals surface area contributed by atoms with Crippen molar-refractivity contribution < 1.29 is 9.59 Å².